The molecule has 0 spiro atoms. The molecule has 126 valence electrons. The van der Waals surface area contributed by atoms with Crippen molar-refractivity contribution in [2.24, 2.45) is 17.8 Å². The van der Waals surface area contributed by atoms with Gasteiger partial charge in [0.2, 0.25) is 5.91 Å². The molecule has 2 unspecified atom stereocenters. The van der Waals surface area contributed by atoms with Crippen molar-refractivity contribution in [3.05, 3.63) is 35.9 Å². The van der Waals surface area contributed by atoms with Gasteiger partial charge in [-0.2, -0.15) is 0 Å². The van der Waals surface area contributed by atoms with E-state index >= 15 is 0 Å². The molecule has 5 nitrogen and oxygen atoms in total. The minimum absolute atomic E-state index is 0.187. The van der Waals surface area contributed by atoms with E-state index in [0.717, 1.165) is 18.9 Å². The Morgan fingerprint density at radius 1 is 1.33 bits per heavy atom. The summed E-state index contributed by atoms with van der Waals surface area (Å²) in [4.78, 5) is 17.4. The van der Waals surface area contributed by atoms with Crippen LogP contribution in [0.5, 0.6) is 0 Å². The number of carbonyl (C=O) groups excluding carboxylic acids is 1. The summed E-state index contributed by atoms with van der Waals surface area (Å²) >= 11 is 0. The normalized spacial score (nSPS) is 28.8. The molecule has 1 aliphatic heterocycles. The topological polar surface area (TPSA) is 58.4 Å². The Kier molecular flexibility index (Phi) is 2.90. The molecule has 2 N–H and O–H groups in total. The predicted octanol–water partition coefficient (Wildman–Crippen LogP) is 2.03. The highest BCUT2D eigenvalue weighted by atomic mass is 16.2. The van der Waals surface area contributed by atoms with Crippen molar-refractivity contribution in [2.45, 2.75) is 38.1 Å². The van der Waals surface area contributed by atoms with Crippen LogP contribution in [-0.2, 0) is 10.3 Å². The molecule has 1 saturated heterocycles. The second-order valence-corrected chi connectivity index (χ2v) is 8.20. The van der Waals surface area contributed by atoms with Gasteiger partial charge in [-0.25, -0.2) is 4.98 Å². The van der Waals surface area contributed by atoms with Crippen molar-refractivity contribution in [1.82, 2.24) is 20.0 Å². The van der Waals surface area contributed by atoms with E-state index in [2.05, 4.69) is 52.2 Å². The average molecular weight is 324 g/mol. The van der Waals surface area contributed by atoms with Gasteiger partial charge in [-0.3, -0.25) is 4.79 Å². The third kappa shape index (κ3) is 2.10. The summed E-state index contributed by atoms with van der Waals surface area (Å²) in [6.45, 7) is 6.08. The Morgan fingerprint density at radius 3 is 2.79 bits per heavy atom. The number of hydrogen-bond acceptors (Lipinski definition) is 3. The van der Waals surface area contributed by atoms with Gasteiger partial charge >= 0.3 is 0 Å². The van der Waals surface area contributed by atoms with Crippen LogP contribution in [0.25, 0.3) is 5.52 Å². The predicted molar refractivity (Wildman–Crippen MR) is 91.7 cm³/mol. The van der Waals surface area contributed by atoms with Crippen LogP contribution in [0.3, 0.4) is 0 Å². The number of piperidine rings is 1. The van der Waals surface area contributed by atoms with Crippen LogP contribution in [0.15, 0.2) is 24.5 Å². The number of carbonyl (C=O) groups is 1. The Bertz CT molecular complexity index is 810. The minimum atomic E-state index is -0.476. The standard InChI is InChI=1S/C19H24N4O/c1-19(2,22-17(24)16-13-8-20-9-14(13)16)18-21-10-15-12(11-5-6-11)4-3-7-23(15)18/h3-4,7,10-11,13-14,16,20H,5-6,8-9H2,1-2H3,(H,22,24). The highest BCUT2D eigenvalue weighted by molar-refractivity contribution is 5.83. The van der Waals surface area contributed by atoms with Crippen LogP contribution in [0, 0.1) is 17.8 Å². The van der Waals surface area contributed by atoms with Gasteiger partial charge < -0.3 is 15.0 Å². The van der Waals surface area contributed by atoms with Gasteiger partial charge in [0.15, 0.2) is 0 Å². The first-order valence-electron chi connectivity index (χ1n) is 9.05. The van der Waals surface area contributed by atoms with E-state index in [1.165, 1.54) is 23.9 Å². The molecular formula is C19H24N4O. The van der Waals surface area contributed by atoms with E-state index in [1.807, 2.05) is 6.20 Å². The minimum Gasteiger partial charge on any atom is -0.344 e. The smallest absolute Gasteiger partial charge is 0.224 e. The molecule has 2 saturated carbocycles. The molecule has 2 aromatic heterocycles. The summed E-state index contributed by atoms with van der Waals surface area (Å²) < 4.78 is 2.16. The van der Waals surface area contributed by atoms with E-state index in [1.54, 1.807) is 0 Å². The molecule has 1 amide bonds. The Morgan fingerprint density at radius 2 is 2.08 bits per heavy atom. The quantitative estimate of drug-likeness (QED) is 0.905. The molecule has 24 heavy (non-hydrogen) atoms. The monoisotopic (exact) mass is 324 g/mol. The second kappa shape index (κ2) is 4.82. The molecule has 3 aliphatic rings. The number of amides is 1. The average Bonchev–Trinajstić information content (AvgIpc) is 3.41. The first-order chi connectivity index (χ1) is 11.6. The lowest BCUT2D eigenvalue weighted by molar-refractivity contribution is -0.124. The number of imidazole rings is 1. The number of nitrogens with zero attached hydrogens (tertiary/aromatic N) is 2. The first kappa shape index (κ1) is 14.5. The van der Waals surface area contributed by atoms with Crippen molar-refractivity contribution in [3.63, 3.8) is 0 Å². The van der Waals surface area contributed by atoms with Gasteiger partial charge in [0.05, 0.1) is 17.3 Å². The maximum atomic E-state index is 12.7. The summed E-state index contributed by atoms with van der Waals surface area (Å²) in [5.74, 6) is 3.07. The number of pyridine rings is 1. The van der Waals surface area contributed by atoms with Gasteiger partial charge in [-0.15, -0.1) is 0 Å². The van der Waals surface area contributed by atoms with Crippen molar-refractivity contribution in [1.29, 1.82) is 0 Å². The van der Waals surface area contributed by atoms with Gasteiger partial charge in [0.1, 0.15) is 5.82 Å². The molecule has 2 atom stereocenters. The zero-order valence-corrected chi connectivity index (χ0v) is 14.2. The summed E-state index contributed by atoms with van der Waals surface area (Å²) in [5, 5.41) is 6.60. The van der Waals surface area contributed by atoms with E-state index < -0.39 is 5.54 Å². The van der Waals surface area contributed by atoms with E-state index in [9.17, 15) is 4.79 Å². The molecule has 0 aromatic carbocycles. The molecular weight excluding hydrogens is 300 g/mol. The molecule has 3 heterocycles. The summed E-state index contributed by atoms with van der Waals surface area (Å²) in [6.07, 6.45) is 6.58. The number of rotatable bonds is 4. The van der Waals surface area contributed by atoms with Gasteiger partial charge in [-0.1, -0.05) is 6.07 Å². The van der Waals surface area contributed by atoms with Crippen molar-refractivity contribution < 1.29 is 4.79 Å². The lowest BCUT2D eigenvalue weighted by Crippen LogP contribution is -2.44. The fraction of sp³-hybridized carbons (Fsp3) is 0.579. The van der Waals surface area contributed by atoms with Crippen LogP contribution in [0.2, 0.25) is 0 Å². The molecule has 0 radical (unpaired) electrons. The maximum Gasteiger partial charge on any atom is 0.224 e. The third-order valence-corrected chi connectivity index (χ3v) is 6.01. The molecule has 2 aromatic rings. The Hall–Kier alpha value is -1.88. The van der Waals surface area contributed by atoms with Crippen LogP contribution in [0.1, 0.15) is 44.0 Å². The van der Waals surface area contributed by atoms with E-state index in [0.29, 0.717) is 17.8 Å². The van der Waals surface area contributed by atoms with Crippen molar-refractivity contribution in [2.75, 3.05) is 13.1 Å². The van der Waals surface area contributed by atoms with Crippen LogP contribution in [0.4, 0.5) is 0 Å². The Balaban J connectivity index is 1.43. The Labute approximate surface area is 141 Å². The fourth-order valence-electron chi connectivity index (χ4n) is 4.50. The van der Waals surface area contributed by atoms with E-state index in [4.69, 9.17) is 0 Å². The highest BCUT2D eigenvalue weighted by Crippen LogP contribution is 2.49. The third-order valence-electron chi connectivity index (χ3n) is 6.01. The molecule has 5 heteroatoms. The molecule has 2 aliphatic carbocycles. The number of hydrogen-bond donors (Lipinski definition) is 2. The largest absolute Gasteiger partial charge is 0.344 e. The summed E-state index contributed by atoms with van der Waals surface area (Å²) in [6, 6.07) is 4.31. The van der Waals surface area contributed by atoms with Gasteiger partial charge in [0, 0.05) is 12.1 Å². The first-order valence-corrected chi connectivity index (χ1v) is 9.05. The summed E-state index contributed by atoms with van der Waals surface area (Å²) in [7, 11) is 0. The van der Waals surface area contributed by atoms with E-state index in [-0.39, 0.29) is 11.8 Å². The van der Waals surface area contributed by atoms with Gasteiger partial charge in [-0.05, 0) is 69.2 Å². The van der Waals surface area contributed by atoms with Gasteiger partial charge in [0.25, 0.3) is 0 Å². The fourth-order valence-corrected chi connectivity index (χ4v) is 4.50. The maximum absolute atomic E-state index is 12.7. The van der Waals surface area contributed by atoms with Crippen LogP contribution < -0.4 is 10.6 Å². The zero-order chi connectivity index (χ0) is 16.5. The lowest BCUT2D eigenvalue weighted by atomic mass is 10.0. The molecule has 3 fully saturated rings. The highest BCUT2D eigenvalue weighted by Gasteiger charge is 2.57. The lowest BCUT2D eigenvalue weighted by Gasteiger charge is -2.26. The van der Waals surface area contributed by atoms with Crippen molar-refractivity contribution >= 4 is 11.4 Å². The zero-order valence-electron chi connectivity index (χ0n) is 14.2. The summed E-state index contributed by atoms with van der Waals surface area (Å²) in [5.41, 5.74) is 2.10. The number of aromatic nitrogens is 2. The van der Waals surface area contributed by atoms with Crippen molar-refractivity contribution in [3.8, 4) is 0 Å². The number of fused-ring (bicyclic) bond motifs is 2. The van der Waals surface area contributed by atoms with Crippen LogP contribution >= 0.6 is 0 Å². The second-order valence-electron chi connectivity index (χ2n) is 8.20. The number of nitrogens with one attached hydrogen (secondary N) is 2. The SMILES string of the molecule is CC(C)(NC(=O)C1C2CNCC21)c1ncc2c(C3CC3)cccn12. The molecule has 5 rings (SSSR count). The molecule has 0 bridgehead atoms. The van der Waals surface area contributed by atoms with Crippen LogP contribution in [-0.4, -0.2) is 28.4 Å².